The van der Waals surface area contributed by atoms with Crippen LogP contribution in [0.3, 0.4) is 0 Å². The van der Waals surface area contributed by atoms with E-state index in [-0.39, 0.29) is 11.6 Å². The van der Waals surface area contributed by atoms with Gasteiger partial charge in [-0.05, 0) is 84.6 Å². The SMILES string of the molecule is O=C(O)c1c(-c2ccccc2Br)cc2c(nc(-c3ccc4nc(-c5ccccc5Br)ccc4c3)n2C2CCCCC2)c1-c1ccc2ncccc2c1. The number of hydrogen-bond acceptors (Lipinski definition) is 4. The zero-order valence-corrected chi connectivity index (χ0v) is 31.2. The van der Waals surface area contributed by atoms with Crippen LogP contribution in [0.5, 0.6) is 0 Å². The average Bonchev–Trinajstić information content (AvgIpc) is 3.56. The first kappa shape index (κ1) is 32.7. The second-order valence-electron chi connectivity index (χ2n) is 13.4. The molecule has 1 aliphatic carbocycles. The first-order valence-corrected chi connectivity index (χ1v) is 19.1. The van der Waals surface area contributed by atoms with Crippen molar-refractivity contribution < 1.29 is 9.90 Å². The van der Waals surface area contributed by atoms with Gasteiger partial charge < -0.3 is 9.67 Å². The van der Waals surface area contributed by atoms with Crippen molar-refractivity contribution in [3.8, 4) is 44.9 Å². The molecule has 1 fully saturated rings. The number of imidazole rings is 1. The normalized spacial score (nSPS) is 13.7. The third kappa shape index (κ3) is 5.71. The molecular weight excluding hydrogens is 776 g/mol. The van der Waals surface area contributed by atoms with Crippen LogP contribution in [0.1, 0.15) is 48.5 Å². The third-order valence-electron chi connectivity index (χ3n) is 10.3. The maximum atomic E-state index is 13.5. The summed E-state index contributed by atoms with van der Waals surface area (Å²) in [5.41, 5.74) is 9.37. The number of aromatic carboxylic acids is 1. The van der Waals surface area contributed by atoms with E-state index in [2.05, 4.69) is 83.9 Å². The predicted molar refractivity (Wildman–Crippen MR) is 217 cm³/mol. The lowest BCUT2D eigenvalue weighted by atomic mass is 9.89. The Labute approximate surface area is 317 Å². The molecule has 254 valence electrons. The largest absolute Gasteiger partial charge is 0.478 e. The van der Waals surface area contributed by atoms with Gasteiger partial charge in [-0.2, -0.15) is 0 Å². The summed E-state index contributed by atoms with van der Waals surface area (Å²) < 4.78 is 4.23. The number of pyridine rings is 2. The molecule has 0 unspecified atom stereocenters. The average molecular weight is 809 g/mol. The van der Waals surface area contributed by atoms with E-state index >= 15 is 0 Å². The lowest BCUT2D eigenvalue weighted by Gasteiger charge is -2.26. The van der Waals surface area contributed by atoms with Gasteiger partial charge in [0.05, 0.1) is 33.3 Å². The maximum Gasteiger partial charge on any atom is 0.337 e. The summed E-state index contributed by atoms with van der Waals surface area (Å²) in [6.45, 7) is 0. The van der Waals surface area contributed by atoms with Crippen molar-refractivity contribution in [1.82, 2.24) is 19.5 Å². The highest BCUT2D eigenvalue weighted by Crippen LogP contribution is 2.45. The van der Waals surface area contributed by atoms with Crippen LogP contribution in [0.25, 0.3) is 77.7 Å². The van der Waals surface area contributed by atoms with Gasteiger partial charge in [-0.25, -0.2) is 14.8 Å². The quantitative estimate of drug-likeness (QED) is 0.181. The van der Waals surface area contributed by atoms with E-state index in [9.17, 15) is 9.90 Å². The molecule has 8 aromatic rings. The van der Waals surface area contributed by atoms with Crippen molar-refractivity contribution in [2.45, 2.75) is 38.1 Å². The van der Waals surface area contributed by atoms with Crippen LogP contribution in [-0.2, 0) is 0 Å². The zero-order chi connectivity index (χ0) is 35.3. The van der Waals surface area contributed by atoms with Gasteiger partial charge in [-0.3, -0.25) is 4.98 Å². The summed E-state index contributed by atoms with van der Waals surface area (Å²) in [5, 5.41) is 13.0. The number of benzene rings is 5. The fourth-order valence-electron chi connectivity index (χ4n) is 7.85. The molecule has 0 atom stereocenters. The minimum atomic E-state index is -1.000. The summed E-state index contributed by atoms with van der Waals surface area (Å²) in [7, 11) is 0. The van der Waals surface area contributed by atoms with Crippen molar-refractivity contribution in [3.63, 3.8) is 0 Å². The number of fused-ring (bicyclic) bond motifs is 3. The molecular formula is C44H32Br2N4O2. The summed E-state index contributed by atoms with van der Waals surface area (Å²) in [6, 6.07) is 38.7. The van der Waals surface area contributed by atoms with Gasteiger partial charge >= 0.3 is 5.97 Å². The van der Waals surface area contributed by atoms with Crippen molar-refractivity contribution in [1.29, 1.82) is 0 Å². The molecule has 0 spiro atoms. The molecule has 0 radical (unpaired) electrons. The van der Waals surface area contributed by atoms with Gasteiger partial charge in [-0.1, -0.05) is 106 Å². The highest BCUT2D eigenvalue weighted by Gasteiger charge is 2.30. The highest BCUT2D eigenvalue weighted by atomic mass is 79.9. The van der Waals surface area contributed by atoms with Crippen LogP contribution < -0.4 is 0 Å². The van der Waals surface area contributed by atoms with Gasteiger partial charge in [0.1, 0.15) is 5.82 Å². The van der Waals surface area contributed by atoms with Crippen LogP contribution in [-0.4, -0.2) is 30.6 Å². The zero-order valence-electron chi connectivity index (χ0n) is 28.1. The standard InChI is InChI=1S/C44H32Br2N4O2/c45-34-14-6-4-12-31(34)33-25-39-42(40(41(33)44(51)52)28-17-19-36-26(23-28)9-8-22-47-36)49-43(50(39)30-10-2-1-3-11-30)29-18-20-37-27(24-29)16-21-38(48-37)32-13-5-7-15-35(32)46/h4-9,12-25,30H,1-3,10-11H2,(H,51,52). The Bertz CT molecular complexity index is 2700. The Balaban J connectivity index is 1.34. The van der Waals surface area contributed by atoms with E-state index in [0.717, 1.165) is 95.7 Å². The van der Waals surface area contributed by atoms with Crippen LogP contribution in [0.4, 0.5) is 0 Å². The second-order valence-corrected chi connectivity index (χ2v) is 15.1. The van der Waals surface area contributed by atoms with Gasteiger partial charge in [0.15, 0.2) is 0 Å². The molecule has 3 aromatic heterocycles. The Morgan fingerprint density at radius 3 is 2.13 bits per heavy atom. The molecule has 0 saturated heterocycles. The van der Waals surface area contributed by atoms with Crippen molar-refractivity contribution in [3.05, 3.63) is 136 Å². The lowest BCUT2D eigenvalue weighted by Crippen LogP contribution is -2.14. The monoisotopic (exact) mass is 806 g/mol. The molecule has 9 rings (SSSR count). The van der Waals surface area contributed by atoms with Crippen LogP contribution in [0, 0.1) is 0 Å². The first-order valence-electron chi connectivity index (χ1n) is 17.5. The number of hydrogen-bond donors (Lipinski definition) is 1. The van der Waals surface area contributed by atoms with Crippen LogP contribution in [0.2, 0.25) is 0 Å². The van der Waals surface area contributed by atoms with Crippen LogP contribution in [0.15, 0.2) is 130 Å². The Morgan fingerprint density at radius 2 is 1.37 bits per heavy atom. The molecule has 0 bridgehead atoms. The van der Waals surface area contributed by atoms with Gasteiger partial charge in [0.25, 0.3) is 0 Å². The number of aromatic nitrogens is 4. The Morgan fingerprint density at radius 1 is 0.673 bits per heavy atom. The smallest absolute Gasteiger partial charge is 0.337 e. The summed E-state index contributed by atoms with van der Waals surface area (Å²) in [5.74, 6) is -0.164. The topological polar surface area (TPSA) is 80.9 Å². The number of halogens is 2. The Hall–Kier alpha value is -5.18. The highest BCUT2D eigenvalue weighted by molar-refractivity contribution is 9.11. The molecule has 1 saturated carbocycles. The van der Waals surface area contributed by atoms with E-state index in [1.165, 1.54) is 6.42 Å². The summed E-state index contributed by atoms with van der Waals surface area (Å²) in [6.07, 6.45) is 7.32. The first-order chi connectivity index (χ1) is 25.4. The van der Waals surface area contributed by atoms with Gasteiger partial charge in [0.2, 0.25) is 0 Å². The van der Waals surface area contributed by atoms with E-state index in [1.54, 1.807) is 6.20 Å². The summed E-state index contributed by atoms with van der Waals surface area (Å²) in [4.78, 5) is 28.5. The fourth-order valence-corrected chi connectivity index (χ4v) is 8.84. The number of nitrogens with zero attached hydrogens (tertiary/aromatic N) is 4. The van der Waals surface area contributed by atoms with Crippen molar-refractivity contribution >= 4 is 70.7 Å². The van der Waals surface area contributed by atoms with Crippen molar-refractivity contribution in [2.75, 3.05) is 0 Å². The number of carbonyl (C=O) groups is 1. The minimum Gasteiger partial charge on any atom is -0.478 e. The molecule has 1 aliphatic rings. The molecule has 8 heteroatoms. The van der Waals surface area contributed by atoms with Crippen molar-refractivity contribution in [2.24, 2.45) is 0 Å². The fraction of sp³-hybridized carbons (Fsp3) is 0.136. The minimum absolute atomic E-state index is 0.219. The van der Waals surface area contributed by atoms with Gasteiger partial charge in [-0.15, -0.1) is 0 Å². The molecule has 1 N–H and O–H groups in total. The number of carboxylic acids is 1. The lowest BCUT2D eigenvalue weighted by molar-refractivity contribution is 0.0698. The van der Waals surface area contributed by atoms with E-state index < -0.39 is 5.97 Å². The van der Waals surface area contributed by atoms with E-state index in [0.29, 0.717) is 16.6 Å². The molecule has 0 amide bonds. The molecule has 52 heavy (non-hydrogen) atoms. The second kappa shape index (κ2) is 13.4. The molecule has 5 aromatic carbocycles. The predicted octanol–water partition coefficient (Wildman–Crippen LogP) is 12.5. The van der Waals surface area contributed by atoms with E-state index in [4.69, 9.17) is 9.97 Å². The number of rotatable bonds is 6. The van der Waals surface area contributed by atoms with Crippen LogP contribution >= 0.6 is 31.9 Å². The maximum absolute atomic E-state index is 13.5. The van der Waals surface area contributed by atoms with Gasteiger partial charge in [0, 0.05) is 54.2 Å². The molecule has 0 aliphatic heterocycles. The molecule has 3 heterocycles. The van der Waals surface area contributed by atoms with E-state index in [1.807, 2.05) is 72.8 Å². The summed E-state index contributed by atoms with van der Waals surface area (Å²) >= 11 is 7.43. The number of carboxylic acid groups (broad SMARTS) is 1. The third-order valence-corrected chi connectivity index (χ3v) is 11.7. The molecule has 6 nitrogen and oxygen atoms in total. The Kier molecular flexibility index (Phi) is 8.44.